The Labute approximate surface area is 106 Å². The molecule has 2 heterocycles. The van der Waals surface area contributed by atoms with Crippen molar-refractivity contribution < 1.29 is 14.3 Å². The first-order chi connectivity index (χ1) is 8.52. The van der Waals surface area contributed by atoms with Gasteiger partial charge in [0, 0.05) is 13.1 Å². The number of carbonyl (C=O) groups is 1. The van der Waals surface area contributed by atoms with E-state index in [-0.39, 0.29) is 11.3 Å². The van der Waals surface area contributed by atoms with Crippen LogP contribution in [0.4, 0.5) is 5.82 Å². The molecule has 1 saturated heterocycles. The summed E-state index contributed by atoms with van der Waals surface area (Å²) >= 11 is 0. The molecule has 6 nitrogen and oxygen atoms in total. The molecule has 2 rings (SSSR count). The largest absolute Gasteiger partial charge is 0.464 e. The van der Waals surface area contributed by atoms with Crippen molar-refractivity contribution in [2.75, 3.05) is 31.7 Å². The summed E-state index contributed by atoms with van der Waals surface area (Å²) in [6.45, 7) is 6.14. The van der Waals surface area contributed by atoms with Gasteiger partial charge in [-0.15, -0.1) is 0 Å². The number of nitrogens with zero attached hydrogens (tertiary/aromatic N) is 3. The van der Waals surface area contributed by atoms with E-state index in [4.69, 9.17) is 4.74 Å². The second kappa shape index (κ2) is 4.89. The summed E-state index contributed by atoms with van der Waals surface area (Å²) in [5.41, 5.74) is 0.000540. The van der Waals surface area contributed by atoms with E-state index in [1.54, 1.807) is 6.20 Å². The third-order valence-corrected chi connectivity index (χ3v) is 2.77. The molecule has 0 unspecified atom stereocenters. The maximum atomic E-state index is 11.4. The normalized spacial score (nSPS) is 18.5. The summed E-state index contributed by atoms with van der Waals surface area (Å²) in [5, 5.41) is 0. The highest BCUT2D eigenvalue weighted by Gasteiger charge is 2.28. The zero-order valence-electron chi connectivity index (χ0n) is 10.8. The van der Waals surface area contributed by atoms with Gasteiger partial charge in [-0.25, -0.2) is 9.78 Å². The predicted molar refractivity (Wildman–Crippen MR) is 65.6 cm³/mol. The summed E-state index contributed by atoms with van der Waals surface area (Å²) in [4.78, 5) is 21.8. The quantitative estimate of drug-likeness (QED) is 0.727. The Morgan fingerprint density at radius 2 is 2.28 bits per heavy atom. The van der Waals surface area contributed by atoms with Crippen LogP contribution >= 0.6 is 0 Å². The van der Waals surface area contributed by atoms with Crippen LogP contribution in [0.2, 0.25) is 0 Å². The van der Waals surface area contributed by atoms with Crippen LogP contribution in [0, 0.1) is 0 Å². The van der Waals surface area contributed by atoms with Gasteiger partial charge in [0.1, 0.15) is 5.82 Å². The number of carbonyl (C=O) groups excluding carboxylic acids is 1. The van der Waals surface area contributed by atoms with Crippen LogP contribution in [-0.4, -0.2) is 48.3 Å². The Kier molecular flexibility index (Phi) is 3.47. The predicted octanol–water partition coefficient (Wildman–Crippen LogP) is 0.878. The monoisotopic (exact) mass is 251 g/mol. The fourth-order valence-corrected chi connectivity index (χ4v) is 1.92. The van der Waals surface area contributed by atoms with Crippen LogP contribution in [0.25, 0.3) is 0 Å². The highest BCUT2D eigenvalue weighted by atomic mass is 16.5. The molecule has 0 aliphatic carbocycles. The Morgan fingerprint density at radius 3 is 2.94 bits per heavy atom. The van der Waals surface area contributed by atoms with E-state index in [1.807, 2.05) is 13.8 Å². The van der Waals surface area contributed by atoms with Crippen molar-refractivity contribution in [2.45, 2.75) is 19.4 Å². The summed E-state index contributed by atoms with van der Waals surface area (Å²) in [7, 11) is 1.33. The number of anilines is 1. The van der Waals surface area contributed by atoms with Gasteiger partial charge in [-0.2, -0.15) is 0 Å². The van der Waals surface area contributed by atoms with Crippen molar-refractivity contribution in [1.82, 2.24) is 9.97 Å². The van der Waals surface area contributed by atoms with Gasteiger partial charge in [0.05, 0.1) is 31.7 Å². The number of morpholine rings is 1. The van der Waals surface area contributed by atoms with Crippen molar-refractivity contribution in [2.24, 2.45) is 0 Å². The minimum absolute atomic E-state index is 0.221. The van der Waals surface area contributed by atoms with Gasteiger partial charge >= 0.3 is 5.97 Å². The van der Waals surface area contributed by atoms with Gasteiger partial charge in [-0.1, -0.05) is 0 Å². The lowest BCUT2D eigenvalue weighted by Crippen LogP contribution is -2.48. The molecule has 0 spiro atoms. The molecule has 0 aromatic carbocycles. The van der Waals surface area contributed by atoms with Crippen LogP contribution in [0.1, 0.15) is 24.3 Å². The Morgan fingerprint density at radius 1 is 1.50 bits per heavy atom. The minimum Gasteiger partial charge on any atom is -0.464 e. The van der Waals surface area contributed by atoms with E-state index in [1.165, 1.54) is 13.3 Å². The Balaban J connectivity index is 2.20. The fraction of sp³-hybridized carbons (Fsp3) is 0.583. The van der Waals surface area contributed by atoms with Gasteiger partial charge in [0.2, 0.25) is 0 Å². The van der Waals surface area contributed by atoms with Crippen molar-refractivity contribution in [3.63, 3.8) is 0 Å². The summed E-state index contributed by atoms with van der Waals surface area (Å²) in [5.74, 6) is 0.200. The third-order valence-electron chi connectivity index (χ3n) is 2.77. The van der Waals surface area contributed by atoms with Crippen LogP contribution < -0.4 is 4.90 Å². The van der Waals surface area contributed by atoms with Gasteiger partial charge in [0.15, 0.2) is 5.69 Å². The van der Waals surface area contributed by atoms with E-state index in [9.17, 15) is 4.79 Å². The third kappa shape index (κ3) is 2.76. The van der Waals surface area contributed by atoms with Crippen molar-refractivity contribution >= 4 is 11.8 Å². The maximum Gasteiger partial charge on any atom is 0.358 e. The Hall–Kier alpha value is -1.69. The van der Waals surface area contributed by atoms with Crippen molar-refractivity contribution in [1.29, 1.82) is 0 Å². The second-order valence-electron chi connectivity index (χ2n) is 4.78. The van der Waals surface area contributed by atoms with Crippen molar-refractivity contribution in [3.05, 3.63) is 18.1 Å². The van der Waals surface area contributed by atoms with E-state index in [2.05, 4.69) is 19.6 Å². The van der Waals surface area contributed by atoms with Gasteiger partial charge in [0.25, 0.3) is 0 Å². The first kappa shape index (κ1) is 12.8. The number of ether oxygens (including phenoxy) is 2. The van der Waals surface area contributed by atoms with Crippen LogP contribution in [0.3, 0.4) is 0 Å². The van der Waals surface area contributed by atoms with Crippen LogP contribution in [0.15, 0.2) is 12.4 Å². The molecule has 1 aliphatic heterocycles. The molecule has 98 valence electrons. The zero-order valence-corrected chi connectivity index (χ0v) is 10.8. The van der Waals surface area contributed by atoms with E-state index in [0.717, 1.165) is 6.54 Å². The molecule has 0 amide bonds. The number of esters is 1. The summed E-state index contributed by atoms with van der Waals surface area (Å²) < 4.78 is 10.3. The van der Waals surface area contributed by atoms with Gasteiger partial charge in [-0.05, 0) is 13.8 Å². The van der Waals surface area contributed by atoms with Gasteiger partial charge in [-0.3, -0.25) is 4.98 Å². The minimum atomic E-state index is -0.475. The molecule has 1 aromatic rings. The first-order valence-electron chi connectivity index (χ1n) is 5.81. The smallest absolute Gasteiger partial charge is 0.358 e. The average molecular weight is 251 g/mol. The lowest BCUT2D eigenvalue weighted by atomic mass is 10.1. The van der Waals surface area contributed by atoms with E-state index < -0.39 is 5.97 Å². The van der Waals surface area contributed by atoms with E-state index >= 15 is 0 Å². The Bertz CT molecular complexity index is 448. The SMILES string of the molecule is COC(=O)c1cncc(N2CCOC(C)(C)C2)n1. The molecular formula is C12H17N3O3. The molecule has 1 fully saturated rings. The second-order valence-corrected chi connectivity index (χ2v) is 4.78. The van der Waals surface area contributed by atoms with Gasteiger partial charge < -0.3 is 14.4 Å². The molecule has 0 saturated carbocycles. The highest BCUT2D eigenvalue weighted by Crippen LogP contribution is 2.21. The maximum absolute atomic E-state index is 11.4. The molecule has 1 aromatic heterocycles. The summed E-state index contributed by atoms with van der Waals surface area (Å²) in [6.07, 6.45) is 3.05. The zero-order chi connectivity index (χ0) is 13.2. The molecule has 1 aliphatic rings. The number of methoxy groups -OCH3 is 1. The number of rotatable bonds is 2. The van der Waals surface area contributed by atoms with Crippen molar-refractivity contribution in [3.8, 4) is 0 Å². The molecule has 6 heteroatoms. The molecule has 0 atom stereocenters. The lowest BCUT2D eigenvalue weighted by Gasteiger charge is -2.38. The molecule has 0 bridgehead atoms. The standard InChI is InChI=1S/C12H17N3O3/c1-12(2)8-15(4-5-18-12)10-7-13-6-9(14-10)11(16)17-3/h6-7H,4-5,8H2,1-3H3. The fourth-order valence-electron chi connectivity index (χ4n) is 1.92. The number of aromatic nitrogens is 2. The topological polar surface area (TPSA) is 64.5 Å². The highest BCUT2D eigenvalue weighted by molar-refractivity contribution is 5.87. The number of hydrogen-bond acceptors (Lipinski definition) is 6. The average Bonchev–Trinajstić information content (AvgIpc) is 2.37. The van der Waals surface area contributed by atoms with Crippen LogP contribution in [0.5, 0.6) is 0 Å². The van der Waals surface area contributed by atoms with Crippen LogP contribution in [-0.2, 0) is 9.47 Å². The molecular weight excluding hydrogens is 234 g/mol. The first-order valence-corrected chi connectivity index (χ1v) is 5.81. The molecule has 0 N–H and O–H groups in total. The summed E-state index contributed by atoms with van der Waals surface area (Å²) in [6, 6.07) is 0. The molecule has 0 radical (unpaired) electrons. The van der Waals surface area contributed by atoms with E-state index in [0.29, 0.717) is 19.0 Å². The number of hydrogen-bond donors (Lipinski definition) is 0. The molecule has 18 heavy (non-hydrogen) atoms. The lowest BCUT2D eigenvalue weighted by molar-refractivity contribution is -0.0279.